The number of nitrogens with zero attached hydrogens (tertiary/aromatic N) is 6. The maximum Gasteiger partial charge on any atom is 0.223 e. The SMILES string of the molecule is CN1CCN(Cc2ccccc2-c2cc3nc(-c4ccco4)nn3c(N)n2)CC1. The van der Waals surface area contributed by atoms with Gasteiger partial charge in [-0.15, -0.1) is 5.10 Å². The second-order valence-electron chi connectivity index (χ2n) is 7.42. The fourth-order valence-electron chi connectivity index (χ4n) is 3.71. The minimum Gasteiger partial charge on any atom is -0.461 e. The van der Waals surface area contributed by atoms with Crippen molar-refractivity contribution in [3.63, 3.8) is 0 Å². The molecule has 1 saturated heterocycles. The fraction of sp³-hybridized carbons (Fsp3) is 0.286. The third kappa shape index (κ3) is 3.48. The normalized spacial score (nSPS) is 15.9. The van der Waals surface area contributed by atoms with E-state index >= 15 is 0 Å². The summed E-state index contributed by atoms with van der Waals surface area (Å²) in [5, 5.41) is 4.42. The van der Waals surface area contributed by atoms with Gasteiger partial charge in [0.05, 0.1) is 12.0 Å². The van der Waals surface area contributed by atoms with E-state index in [9.17, 15) is 0 Å². The Balaban J connectivity index is 1.51. The van der Waals surface area contributed by atoms with Crippen molar-refractivity contribution >= 4 is 11.6 Å². The fourth-order valence-corrected chi connectivity index (χ4v) is 3.71. The molecular weight excluding hydrogens is 366 g/mol. The summed E-state index contributed by atoms with van der Waals surface area (Å²) in [6, 6.07) is 13.9. The molecule has 4 heterocycles. The van der Waals surface area contributed by atoms with E-state index in [4.69, 9.17) is 10.2 Å². The smallest absolute Gasteiger partial charge is 0.223 e. The highest BCUT2D eigenvalue weighted by Crippen LogP contribution is 2.26. The zero-order valence-electron chi connectivity index (χ0n) is 16.3. The standard InChI is InChI=1S/C21H23N7O/c1-26-8-10-27(11-9-26)14-15-5-2-3-6-16(15)17-13-19-24-20(18-7-4-12-29-18)25-28(19)21(22)23-17/h2-7,12-13H,8-11,14H2,1H3,(H2,22,23). The number of likely N-dealkylation sites (N-methyl/N-ethyl adjacent to an activating group) is 1. The summed E-state index contributed by atoms with van der Waals surface area (Å²) in [7, 11) is 2.17. The largest absolute Gasteiger partial charge is 0.461 e. The number of nitrogen functional groups attached to an aromatic ring is 1. The van der Waals surface area contributed by atoms with Gasteiger partial charge in [0.15, 0.2) is 11.4 Å². The molecule has 5 rings (SSSR count). The molecule has 1 fully saturated rings. The number of hydrogen-bond acceptors (Lipinski definition) is 7. The van der Waals surface area contributed by atoms with Crippen molar-refractivity contribution in [2.45, 2.75) is 6.54 Å². The molecule has 0 radical (unpaired) electrons. The van der Waals surface area contributed by atoms with Crippen LogP contribution in [0.15, 0.2) is 53.1 Å². The van der Waals surface area contributed by atoms with Crippen LogP contribution in [0.3, 0.4) is 0 Å². The molecule has 1 aromatic carbocycles. The van der Waals surface area contributed by atoms with Crippen molar-refractivity contribution < 1.29 is 4.42 Å². The highest BCUT2D eigenvalue weighted by Gasteiger charge is 2.18. The van der Waals surface area contributed by atoms with Crippen molar-refractivity contribution in [3.8, 4) is 22.8 Å². The molecule has 0 bridgehead atoms. The minimum atomic E-state index is 0.303. The van der Waals surface area contributed by atoms with Gasteiger partial charge < -0.3 is 15.1 Å². The lowest BCUT2D eigenvalue weighted by molar-refractivity contribution is 0.148. The zero-order chi connectivity index (χ0) is 19.8. The van der Waals surface area contributed by atoms with Gasteiger partial charge in [0.25, 0.3) is 0 Å². The first-order valence-electron chi connectivity index (χ1n) is 9.74. The van der Waals surface area contributed by atoms with Crippen LogP contribution in [0.1, 0.15) is 5.56 Å². The number of anilines is 1. The van der Waals surface area contributed by atoms with Crippen molar-refractivity contribution in [1.82, 2.24) is 29.4 Å². The Morgan fingerprint density at radius 1 is 1.03 bits per heavy atom. The van der Waals surface area contributed by atoms with Crippen LogP contribution in [-0.4, -0.2) is 62.6 Å². The Hall–Kier alpha value is -3.23. The first-order valence-corrected chi connectivity index (χ1v) is 9.74. The number of rotatable bonds is 4. The Bertz CT molecular complexity index is 1130. The maximum absolute atomic E-state index is 6.21. The number of piperazine rings is 1. The first kappa shape index (κ1) is 17.8. The number of aromatic nitrogens is 4. The third-order valence-corrected chi connectivity index (χ3v) is 5.37. The van der Waals surface area contributed by atoms with Gasteiger partial charge in [-0.1, -0.05) is 24.3 Å². The number of benzene rings is 1. The summed E-state index contributed by atoms with van der Waals surface area (Å²) in [6.07, 6.45) is 1.60. The second-order valence-corrected chi connectivity index (χ2v) is 7.42. The highest BCUT2D eigenvalue weighted by atomic mass is 16.3. The van der Waals surface area contributed by atoms with Crippen LogP contribution in [0.4, 0.5) is 5.95 Å². The summed E-state index contributed by atoms with van der Waals surface area (Å²) in [5.74, 6) is 1.40. The minimum absolute atomic E-state index is 0.303. The van der Waals surface area contributed by atoms with Crippen LogP contribution < -0.4 is 5.73 Å². The molecule has 0 unspecified atom stereocenters. The lowest BCUT2D eigenvalue weighted by atomic mass is 10.0. The molecule has 29 heavy (non-hydrogen) atoms. The van der Waals surface area contributed by atoms with E-state index in [2.05, 4.69) is 50.1 Å². The maximum atomic E-state index is 6.21. The number of furan rings is 1. The van der Waals surface area contributed by atoms with Crippen molar-refractivity contribution in [1.29, 1.82) is 0 Å². The Kier molecular flexibility index (Phi) is 4.49. The van der Waals surface area contributed by atoms with E-state index in [0.29, 0.717) is 23.2 Å². The number of hydrogen-bond donors (Lipinski definition) is 1. The number of nitrogens with two attached hydrogens (primary N) is 1. The number of fused-ring (bicyclic) bond motifs is 1. The van der Waals surface area contributed by atoms with E-state index in [1.54, 1.807) is 10.8 Å². The zero-order valence-corrected chi connectivity index (χ0v) is 16.3. The lowest BCUT2D eigenvalue weighted by Crippen LogP contribution is -2.43. The van der Waals surface area contributed by atoms with E-state index in [0.717, 1.165) is 44.0 Å². The molecule has 1 aliphatic heterocycles. The average Bonchev–Trinajstić information content (AvgIpc) is 3.40. The molecule has 8 nitrogen and oxygen atoms in total. The first-order chi connectivity index (χ1) is 14.2. The van der Waals surface area contributed by atoms with Crippen LogP contribution >= 0.6 is 0 Å². The molecule has 1 aliphatic rings. The van der Waals surface area contributed by atoms with Gasteiger partial charge >= 0.3 is 0 Å². The van der Waals surface area contributed by atoms with Gasteiger partial charge in [-0.3, -0.25) is 4.90 Å². The highest BCUT2D eigenvalue weighted by molar-refractivity contribution is 5.69. The van der Waals surface area contributed by atoms with Crippen molar-refractivity contribution in [2.24, 2.45) is 0 Å². The molecule has 0 saturated carbocycles. The van der Waals surface area contributed by atoms with Gasteiger partial charge in [-0.25, -0.2) is 9.97 Å². The lowest BCUT2D eigenvalue weighted by Gasteiger charge is -2.32. The van der Waals surface area contributed by atoms with Crippen LogP contribution in [0.25, 0.3) is 28.5 Å². The Morgan fingerprint density at radius 2 is 1.86 bits per heavy atom. The van der Waals surface area contributed by atoms with Crippen molar-refractivity contribution in [2.75, 3.05) is 39.0 Å². The van der Waals surface area contributed by atoms with Gasteiger partial charge in [0, 0.05) is 44.4 Å². The molecule has 0 atom stereocenters. The molecule has 8 heteroatoms. The average molecular weight is 389 g/mol. The molecule has 0 spiro atoms. The quantitative estimate of drug-likeness (QED) is 0.573. The summed E-state index contributed by atoms with van der Waals surface area (Å²) in [5.41, 5.74) is 9.97. The van der Waals surface area contributed by atoms with Crippen LogP contribution in [0, 0.1) is 0 Å². The van der Waals surface area contributed by atoms with Gasteiger partial charge in [0.2, 0.25) is 11.8 Å². The third-order valence-electron chi connectivity index (χ3n) is 5.37. The topological polar surface area (TPSA) is 88.7 Å². The van der Waals surface area contributed by atoms with Crippen LogP contribution in [-0.2, 0) is 6.54 Å². The molecule has 2 N–H and O–H groups in total. The van der Waals surface area contributed by atoms with Gasteiger partial charge in [0.1, 0.15) is 0 Å². The predicted molar refractivity (Wildman–Crippen MR) is 111 cm³/mol. The molecule has 3 aromatic heterocycles. The van der Waals surface area contributed by atoms with E-state index in [1.165, 1.54) is 5.56 Å². The predicted octanol–water partition coefficient (Wildman–Crippen LogP) is 2.38. The molecular formula is C21H23N7O. The van der Waals surface area contributed by atoms with E-state index in [1.807, 2.05) is 24.3 Å². The van der Waals surface area contributed by atoms with Crippen LogP contribution in [0.2, 0.25) is 0 Å². The molecule has 4 aromatic rings. The summed E-state index contributed by atoms with van der Waals surface area (Å²) < 4.78 is 6.95. The molecule has 0 amide bonds. The van der Waals surface area contributed by atoms with Gasteiger partial charge in [-0.05, 0) is 24.7 Å². The second kappa shape index (κ2) is 7.31. The van der Waals surface area contributed by atoms with Crippen molar-refractivity contribution in [3.05, 3.63) is 54.3 Å². The van der Waals surface area contributed by atoms with E-state index < -0.39 is 0 Å². The Morgan fingerprint density at radius 3 is 2.66 bits per heavy atom. The molecule has 148 valence electrons. The Labute approximate surface area is 168 Å². The summed E-state index contributed by atoms with van der Waals surface area (Å²) in [4.78, 5) is 14.0. The monoisotopic (exact) mass is 389 g/mol. The van der Waals surface area contributed by atoms with Gasteiger partial charge in [-0.2, -0.15) is 4.52 Å². The summed E-state index contributed by atoms with van der Waals surface area (Å²) >= 11 is 0. The molecule has 0 aliphatic carbocycles. The summed E-state index contributed by atoms with van der Waals surface area (Å²) in [6.45, 7) is 5.20. The van der Waals surface area contributed by atoms with Crippen LogP contribution in [0.5, 0.6) is 0 Å². The van der Waals surface area contributed by atoms with E-state index in [-0.39, 0.29) is 0 Å².